The van der Waals surface area contributed by atoms with Gasteiger partial charge < -0.3 is 15.2 Å². The summed E-state index contributed by atoms with van der Waals surface area (Å²) >= 11 is 7.07. The Kier molecular flexibility index (Phi) is 21.3. The van der Waals surface area contributed by atoms with Crippen LogP contribution >= 0.6 is 11.8 Å². The van der Waals surface area contributed by atoms with Crippen LogP contribution in [0.5, 0.6) is 0 Å². The van der Waals surface area contributed by atoms with Crippen LogP contribution in [0.1, 0.15) is 100 Å². The highest BCUT2D eigenvalue weighted by atomic mass is 35.5. The van der Waals surface area contributed by atoms with Gasteiger partial charge in [-0.3, -0.25) is 44.2 Å². The third-order valence-corrected chi connectivity index (χ3v) is 11.1. The standard InChI is InChI=1S/C37H69ClF7N9O7/c1-11-18-33(46,19-12-2)61-37(52(26(5)6)27(7)8,53(38)28(55)29(58-31(39)40)59-36(43,44)45)54(51(13-3)14-4)30(56)34(47,60-32(41)42)35(48(9)10,49-20-16-15-17-21-49)50-22-24-57-25-23-50/h26-27,29,31-32H,11-25,46-47H2,1-10H3. The fraction of sp³-hybridized carbons (Fsp3) is 0.946. The Hall–Kier alpha value is -1.74. The third-order valence-electron chi connectivity index (χ3n) is 10.7. The van der Waals surface area contributed by atoms with Crippen LogP contribution in [0.3, 0.4) is 0 Å². The molecule has 2 saturated heterocycles. The number of hydrogen-bond donors (Lipinski definition) is 2. The molecule has 2 amide bonds. The van der Waals surface area contributed by atoms with Gasteiger partial charge in [-0.25, -0.2) is 14.9 Å². The summed E-state index contributed by atoms with van der Waals surface area (Å²) in [6, 6.07) is -1.85. The van der Waals surface area contributed by atoms with Gasteiger partial charge in [0.25, 0.3) is 18.1 Å². The fourth-order valence-electron chi connectivity index (χ4n) is 8.80. The van der Waals surface area contributed by atoms with Crippen LogP contribution < -0.4 is 11.5 Å². The molecular formula is C37H69ClF7N9O7. The molecule has 2 aliphatic rings. The molecule has 0 aromatic heterocycles. The Balaban J connectivity index is 3.46. The van der Waals surface area contributed by atoms with Crippen molar-refractivity contribution in [3.05, 3.63) is 0 Å². The summed E-state index contributed by atoms with van der Waals surface area (Å²) in [5, 5.41) is 1.86. The van der Waals surface area contributed by atoms with Crippen molar-refractivity contribution in [2.45, 2.75) is 162 Å². The summed E-state index contributed by atoms with van der Waals surface area (Å²) < 4.78 is 126. The van der Waals surface area contributed by atoms with Crippen LogP contribution in [0.25, 0.3) is 0 Å². The molecule has 16 nitrogen and oxygen atoms in total. The predicted molar refractivity (Wildman–Crippen MR) is 211 cm³/mol. The number of alkyl halides is 7. The molecule has 4 atom stereocenters. The molecule has 24 heteroatoms. The number of ether oxygens (including phenoxy) is 5. The molecule has 4 unspecified atom stereocenters. The lowest BCUT2D eigenvalue weighted by molar-refractivity contribution is -0.404. The Labute approximate surface area is 360 Å². The highest BCUT2D eigenvalue weighted by Crippen LogP contribution is 2.45. The summed E-state index contributed by atoms with van der Waals surface area (Å²) in [5.41, 5.74) is 9.19. The number of nitrogens with zero attached hydrogens (tertiary/aromatic N) is 7. The molecule has 0 aromatic carbocycles. The van der Waals surface area contributed by atoms with Gasteiger partial charge in [-0.15, -0.1) is 13.2 Å². The molecule has 2 fully saturated rings. The number of halogens is 8. The van der Waals surface area contributed by atoms with Crippen LogP contribution in [0.2, 0.25) is 0 Å². The minimum atomic E-state index is -5.75. The highest BCUT2D eigenvalue weighted by Gasteiger charge is 2.71. The Morgan fingerprint density at radius 3 is 1.67 bits per heavy atom. The van der Waals surface area contributed by atoms with Crippen molar-refractivity contribution < 1.29 is 64.0 Å². The van der Waals surface area contributed by atoms with Gasteiger partial charge in [0, 0.05) is 63.1 Å². The number of likely N-dealkylation sites (tertiary alicyclic amines) is 1. The second kappa shape index (κ2) is 23.4. The first-order valence-corrected chi connectivity index (χ1v) is 21.2. The molecule has 0 saturated carbocycles. The average Bonchev–Trinajstić information content (AvgIpc) is 3.15. The second-order valence-corrected chi connectivity index (χ2v) is 16.1. The van der Waals surface area contributed by atoms with Crippen LogP contribution in [-0.4, -0.2) is 174 Å². The van der Waals surface area contributed by atoms with E-state index < -0.39 is 73.0 Å². The molecule has 61 heavy (non-hydrogen) atoms. The molecular weight excluding hydrogens is 851 g/mol. The van der Waals surface area contributed by atoms with Crippen molar-refractivity contribution in [2.24, 2.45) is 11.5 Å². The lowest BCUT2D eigenvalue weighted by Crippen LogP contribution is -2.89. The molecule has 4 N–H and O–H groups in total. The summed E-state index contributed by atoms with van der Waals surface area (Å²) in [6.45, 7) is 5.45. The first-order valence-electron chi connectivity index (χ1n) is 20.9. The summed E-state index contributed by atoms with van der Waals surface area (Å²) in [7, 11) is 3.05. The van der Waals surface area contributed by atoms with Crippen molar-refractivity contribution in [3.63, 3.8) is 0 Å². The topological polar surface area (TPSA) is 155 Å². The minimum absolute atomic E-state index is 0.0354. The normalized spacial score (nSPS) is 20.2. The van der Waals surface area contributed by atoms with Crippen molar-refractivity contribution >= 4 is 23.6 Å². The molecule has 2 heterocycles. The molecule has 0 radical (unpaired) electrons. The van der Waals surface area contributed by atoms with Crippen LogP contribution in [-0.2, 0) is 33.3 Å². The zero-order valence-electron chi connectivity index (χ0n) is 37.2. The summed E-state index contributed by atoms with van der Waals surface area (Å²) in [5.74, 6) is -8.92. The zero-order chi connectivity index (χ0) is 46.7. The van der Waals surface area contributed by atoms with E-state index in [9.17, 15) is 26.7 Å². The number of morpholine rings is 1. The van der Waals surface area contributed by atoms with Crippen molar-refractivity contribution in [1.29, 1.82) is 0 Å². The molecule has 0 aliphatic carbocycles. The van der Waals surface area contributed by atoms with Crippen molar-refractivity contribution in [2.75, 3.05) is 66.6 Å². The second-order valence-electron chi connectivity index (χ2n) is 15.8. The van der Waals surface area contributed by atoms with E-state index in [1.165, 1.54) is 28.9 Å². The lowest BCUT2D eigenvalue weighted by Gasteiger charge is -2.64. The van der Waals surface area contributed by atoms with Gasteiger partial charge in [0.05, 0.1) is 13.2 Å². The van der Waals surface area contributed by atoms with Gasteiger partial charge in [-0.1, -0.05) is 47.0 Å². The van der Waals surface area contributed by atoms with Gasteiger partial charge >= 0.3 is 25.6 Å². The molecule has 0 bridgehead atoms. The van der Waals surface area contributed by atoms with Gasteiger partial charge in [-0.2, -0.15) is 22.0 Å². The van der Waals surface area contributed by atoms with Crippen molar-refractivity contribution in [3.8, 4) is 0 Å². The Morgan fingerprint density at radius 1 is 0.787 bits per heavy atom. The number of likely N-dealkylation sites (N-methyl/N-ethyl adjacent to an activating group) is 1. The fourth-order valence-corrected chi connectivity index (χ4v) is 9.08. The SMILES string of the molecule is CCCC(N)(CCC)OC(N(Cl)C(=O)C(OC(F)F)OC(F)(F)F)(N(C(C)C)C(C)C)N(C(=O)C(N)(OC(F)F)C(N(C)C)(N1CCCCC1)N1CCOCC1)N(CC)CC. The van der Waals surface area contributed by atoms with E-state index in [0.717, 1.165) is 6.42 Å². The zero-order valence-corrected chi connectivity index (χ0v) is 37.9. The minimum Gasteiger partial charge on any atom is -0.379 e. The Morgan fingerprint density at radius 2 is 1.28 bits per heavy atom. The van der Waals surface area contributed by atoms with Crippen LogP contribution in [0.4, 0.5) is 30.7 Å². The van der Waals surface area contributed by atoms with E-state index in [4.69, 9.17) is 37.5 Å². The van der Waals surface area contributed by atoms with E-state index in [1.807, 2.05) is 0 Å². The average molecular weight is 920 g/mol. The number of carbonyl (C=O) groups excluding carboxylic acids is 2. The number of rotatable bonds is 25. The number of carbonyl (C=O) groups is 2. The smallest absolute Gasteiger partial charge is 0.379 e. The van der Waals surface area contributed by atoms with Gasteiger partial charge in [0.1, 0.15) is 5.72 Å². The first-order chi connectivity index (χ1) is 28.3. The van der Waals surface area contributed by atoms with E-state index in [0.29, 0.717) is 30.7 Å². The predicted octanol–water partition coefficient (Wildman–Crippen LogP) is 5.09. The van der Waals surface area contributed by atoms with Gasteiger partial charge in [0.2, 0.25) is 5.72 Å². The Bertz CT molecular complexity index is 1320. The van der Waals surface area contributed by atoms with Crippen LogP contribution in [0.15, 0.2) is 0 Å². The first kappa shape index (κ1) is 55.4. The molecule has 0 spiro atoms. The number of hydrazine groups is 1. The number of hydrogen-bond acceptors (Lipinski definition) is 14. The maximum Gasteiger partial charge on any atom is 0.525 e. The van der Waals surface area contributed by atoms with Gasteiger partial charge in [-0.05, 0) is 67.5 Å². The monoisotopic (exact) mass is 919 g/mol. The van der Waals surface area contributed by atoms with Crippen LogP contribution in [0, 0.1) is 0 Å². The molecule has 360 valence electrons. The number of piperidine rings is 1. The largest absolute Gasteiger partial charge is 0.525 e. The molecule has 2 aliphatic heterocycles. The van der Waals surface area contributed by atoms with Crippen molar-refractivity contribution in [1.82, 2.24) is 34.0 Å². The summed E-state index contributed by atoms with van der Waals surface area (Å²) in [4.78, 5) is 37.3. The number of nitrogens with two attached hydrogens (primary N) is 2. The van der Waals surface area contributed by atoms with E-state index in [1.54, 1.807) is 65.2 Å². The maximum absolute atomic E-state index is 16.5. The van der Waals surface area contributed by atoms with E-state index in [-0.39, 0.29) is 69.7 Å². The van der Waals surface area contributed by atoms with E-state index in [2.05, 4.69) is 9.47 Å². The molecule has 2 rings (SSSR count). The lowest BCUT2D eigenvalue weighted by atomic mass is 9.94. The maximum atomic E-state index is 16.5. The van der Waals surface area contributed by atoms with Gasteiger partial charge in [0.15, 0.2) is 5.79 Å². The molecule has 0 aromatic rings. The summed E-state index contributed by atoms with van der Waals surface area (Å²) in [6.07, 6.45) is -6.82. The quantitative estimate of drug-likeness (QED) is 0.0541. The number of amides is 2. The highest BCUT2D eigenvalue weighted by molar-refractivity contribution is 6.22. The third kappa shape index (κ3) is 12.5. The van der Waals surface area contributed by atoms with E-state index >= 15 is 13.6 Å².